The van der Waals surface area contributed by atoms with Crippen LogP contribution in [0.3, 0.4) is 0 Å². The Balaban J connectivity index is 2.31. The number of carbonyl (C=O) groups is 1. The van der Waals surface area contributed by atoms with Gasteiger partial charge in [-0.25, -0.2) is 9.97 Å². The van der Waals surface area contributed by atoms with Gasteiger partial charge in [-0.05, 0) is 38.6 Å². The Kier molecular flexibility index (Phi) is 5.37. The van der Waals surface area contributed by atoms with Gasteiger partial charge < -0.3 is 10.4 Å². The third-order valence-electron chi connectivity index (χ3n) is 2.65. The highest BCUT2D eigenvalue weighted by Gasteiger charge is 2.30. The molecule has 0 bridgehead atoms. The first-order valence-electron chi connectivity index (χ1n) is 5.39. The smallest absolute Gasteiger partial charge is 0.323 e. The molecular weight excluding hydrogens is 238 g/mol. The lowest BCUT2D eigenvalue weighted by atomic mass is 9.97. The van der Waals surface area contributed by atoms with Crippen molar-refractivity contribution in [2.75, 3.05) is 12.8 Å². The molecule has 17 heavy (non-hydrogen) atoms. The number of carboxylic acid groups (broad SMARTS) is 1. The van der Waals surface area contributed by atoms with Crippen LogP contribution in [0.2, 0.25) is 0 Å². The summed E-state index contributed by atoms with van der Waals surface area (Å²) in [5.41, 5.74) is -0.841. The number of carboxylic acids is 1. The largest absolute Gasteiger partial charge is 0.480 e. The quantitative estimate of drug-likeness (QED) is 0.436. The van der Waals surface area contributed by atoms with E-state index in [2.05, 4.69) is 15.3 Å². The minimum Gasteiger partial charge on any atom is -0.480 e. The van der Waals surface area contributed by atoms with Crippen LogP contribution in [0.1, 0.15) is 19.8 Å². The van der Waals surface area contributed by atoms with Crippen molar-refractivity contribution in [3.8, 4) is 0 Å². The van der Waals surface area contributed by atoms with Gasteiger partial charge in [0.15, 0.2) is 0 Å². The van der Waals surface area contributed by atoms with E-state index in [0.717, 1.165) is 17.2 Å². The third kappa shape index (κ3) is 4.32. The predicted octanol–water partition coefficient (Wildman–Crippen LogP) is 1.41. The molecule has 0 aliphatic carbocycles. The molecule has 0 aliphatic rings. The average Bonchev–Trinajstić information content (AvgIpc) is 2.35. The second-order valence-corrected chi connectivity index (χ2v) is 5.00. The van der Waals surface area contributed by atoms with Gasteiger partial charge in [0.05, 0.1) is 5.03 Å². The number of nitrogens with one attached hydrogen (secondary N) is 1. The highest BCUT2D eigenvalue weighted by molar-refractivity contribution is 7.99. The summed E-state index contributed by atoms with van der Waals surface area (Å²) in [4.78, 5) is 19.0. The van der Waals surface area contributed by atoms with Gasteiger partial charge in [-0.2, -0.15) is 0 Å². The average molecular weight is 255 g/mol. The molecule has 0 amide bonds. The van der Waals surface area contributed by atoms with Crippen molar-refractivity contribution >= 4 is 17.7 Å². The number of rotatable bonds is 7. The fourth-order valence-corrected chi connectivity index (χ4v) is 2.08. The van der Waals surface area contributed by atoms with Crippen molar-refractivity contribution in [2.45, 2.75) is 30.3 Å². The topological polar surface area (TPSA) is 75.1 Å². The van der Waals surface area contributed by atoms with Crippen molar-refractivity contribution in [2.24, 2.45) is 0 Å². The molecule has 1 aromatic heterocycles. The molecule has 1 heterocycles. The minimum atomic E-state index is -0.841. The van der Waals surface area contributed by atoms with Crippen LogP contribution in [0.4, 0.5) is 0 Å². The molecule has 1 aromatic rings. The summed E-state index contributed by atoms with van der Waals surface area (Å²) in [6, 6.07) is 1.85. The molecule has 0 fully saturated rings. The molecule has 5 nitrogen and oxygen atoms in total. The minimum absolute atomic E-state index is 0.594. The predicted molar refractivity (Wildman–Crippen MR) is 67.1 cm³/mol. The van der Waals surface area contributed by atoms with Crippen molar-refractivity contribution < 1.29 is 9.90 Å². The lowest BCUT2D eigenvalue weighted by Crippen LogP contribution is -2.47. The standard InChI is InChI=1S/C11H17N3O2S/c1-11(12-2,10(15)16)5-3-7-17-9-4-6-13-8-14-9/h4,6,8,12H,3,5,7H2,1-2H3,(H,15,16). The van der Waals surface area contributed by atoms with Crippen molar-refractivity contribution in [1.82, 2.24) is 15.3 Å². The maximum absolute atomic E-state index is 11.0. The molecule has 0 radical (unpaired) electrons. The molecule has 0 saturated heterocycles. The molecule has 94 valence electrons. The summed E-state index contributed by atoms with van der Waals surface area (Å²) < 4.78 is 0. The van der Waals surface area contributed by atoms with E-state index in [-0.39, 0.29) is 0 Å². The Morgan fingerprint density at radius 3 is 2.94 bits per heavy atom. The Morgan fingerprint density at radius 1 is 1.65 bits per heavy atom. The molecule has 2 N–H and O–H groups in total. The summed E-state index contributed by atoms with van der Waals surface area (Å²) in [5, 5.41) is 12.8. The van der Waals surface area contributed by atoms with Gasteiger partial charge in [-0.3, -0.25) is 4.79 Å². The number of aromatic nitrogens is 2. The Labute approximate surface area is 105 Å². The molecule has 0 spiro atoms. The van der Waals surface area contributed by atoms with Gasteiger partial charge >= 0.3 is 5.97 Å². The zero-order valence-electron chi connectivity index (χ0n) is 10.0. The molecule has 0 aromatic carbocycles. The van der Waals surface area contributed by atoms with Gasteiger partial charge in [0.25, 0.3) is 0 Å². The first-order chi connectivity index (χ1) is 8.08. The van der Waals surface area contributed by atoms with Crippen LogP contribution in [0.15, 0.2) is 23.6 Å². The van der Waals surface area contributed by atoms with Gasteiger partial charge in [0.2, 0.25) is 0 Å². The zero-order valence-corrected chi connectivity index (χ0v) is 10.8. The zero-order chi connectivity index (χ0) is 12.7. The number of hydrogen-bond donors (Lipinski definition) is 2. The lowest BCUT2D eigenvalue weighted by Gasteiger charge is -2.23. The van der Waals surface area contributed by atoms with E-state index in [1.165, 1.54) is 6.33 Å². The lowest BCUT2D eigenvalue weighted by molar-refractivity contribution is -0.144. The van der Waals surface area contributed by atoms with E-state index in [4.69, 9.17) is 5.11 Å². The SMILES string of the molecule is CNC(C)(CCCSc1ccncn1)C(=O)O. The van der Waals surface area contributed by atoms with Crippen LogP contribution in [0.5, 0.6) is 0 Å². The number of thioether (sulfide) groups is 1. The highest BCUT2D eigenvalue weighted by Crippen LogP contribution is 2.19. The van der Waals surface area contributed by atoms with Crippen LogP contribution in [0, 0.1) is 0 Å². The van der Waals surface area contributed by atoms with Crippen LogP contribution >= 0.6 is 11.8 Å². The molecular formula is C11H17N3O2S. The monoisotopic (exact) mass is 255 g/mol. The van der Waals surface area contributed by atoms with Crippen LogP contribution in [-0.2, 0) is 4.79 Å². The van der Waals surface area contributed by atoms with Gasteiger partial charge in [0.1, 0.15) is 11.9 Å². The fraction of sp³-hybridized carbons (Fsp3) is 0.545. The summed E-state index contributed by atoms with van der Waals surface area (Å²) >= 11 is 1.61. The maximum atomic E-state index is 11.0. The van der Waals surface area contributed by atoms with Crippen molar-refractivity contribution in [3.05, 3.63) is 18.6 Å². The molecule has 1 rings (SSSR count). The van der Waals surface area contributed by atoms with E-state index in [1.807, 2.05) is 6.07 Å². The van der Waals surface area contributed by atoms with Crippen molar-refractivity contribution in [1.29, 1.82) is 0 Å². The summed E-state index contributed by atoms with van der Waals surface area (Å²) in [6.45, 7) is 1.70. The van der Waals surface area contributed by atoms with Crippen LogP contribution in [-0.4, -0.2) is 39.4 Å². The molecule has 1 unspecified atom stereocenters. The second-order valence-electron chi connectivity index (χ2n) is 3.89. The number of aliphatic carboxylic acids is 1. The Bertz CT molecular complexity index is 361. The summed E-state index contributed by atoms with van der Waals surface area (Å²) in [6.07, 6.45) is 4.62. The van der Waals surface area contributed by atoms with E-state index < -0.39 is 11.5 Å². The third-order valence-corrected chi connectivity index (χ3v) is 3.68. The fourth-order valence-electron chi connectivity index (χ4n) is 1.31. The van der Waals surface area contributed by atoms with Crippen LogP contribution < -0.4 is 5.32 Å². The number of hydrogen-bond acceptors (Lipinski definition) is 5. The van der Waals surface area contributed by atoms with Gasteiger partial charge in [-0.1, -0.05) is 0 Å². The first kappa shape index (κ1) is 13.9. The summed E-state index contributed by atoms with van der Waals surface area (Å²) in [5.74, 6) is 0.0358. The van der Waals surface area contributed by atoms with Crippen molar-refractivity contribution in [3.63, 3.8) is 0 Å². The van der Waals surface area contributed by atoms with E-state index in [9.17, 15) is 4.79 Å². The first-order valence-corrected chi connectivity index (χ1v) is 6.38. The van der Waals surface area contributed by atoms with E-state index >= 15 is 0 Å². The maximum Gasteiger partial charge on any atom is 0.323 e. The Hall–Kier alpha value is -1.14. The van der Waals surface area contributed by atoms with Gasteiger partial charge in [0, 0.05) is 6.20 Å². The molecule has 0 saturated carbocycles. The number of likely N-dealkylation sites (N-methyl/N-ethyl adjacent to an activating group) is 1. The molecule has 6 heteroatoms. The normalized spacial score (nSPS) is 14.2. The molecule has 0 aliphatic heterocycles. The highest BCUT2D eigenvalue weighted by atomic mass is 32.2. The second kappa shape index (κ2) is 6.56. The Morgan fingerprint density at radius 2 is 2.41 bits per heavy atom. The number of nitrogens with zero attached hydrogens (tertiary/aromatic N) is 2. The van der Waals surface area contributed by atoms with E-state index in [1.54, 1.807) is 31.9 Å². The van der Waals surface area contributed by atoms with E-state index in [0.29, 0.717) is 6.42 Å². The van der Waals surface area contributed by atoms with Crippen LogP contribution in [0.25, 0.3) is 0 Å². The molecule has 1 atom stereocenters. The summed E-state index contributed by atoms with van der Waals surface area (Å²) in [7, 11) is 1.67. The van der Waals surface area contributed by atoms with Gasteiger partial charge in [-0.15, -0.1) is 11.8 Å².